The van der Waals surface area contributed by atoms with E-state index in [1.165, 1.54) is 22.3 Å². The molecule has 106 valence electrons. The van der Waals surface area contributed by atoms with E-state index in [0.29, 0.717) is 6.42 Å². The predicted molar refractivity (Wildman–Crippen MR) is 85.8 cm³/mol. The Morgan fingerprint density at radius 3 is 1.95 bits per heavy atom. The van der Waals surface area contributed by atoms with Crippen molar-refractivity contribution in [1.82, 2.24) is 4.90 Å². The van der Waals surface area contributed by atoms with E-state index in [1.807, 2.05) is 0 Å². The van der Waals surface area contributed by atoms with Gasteiger partial charge in [0.25, 0.3) is 0 Å². The number of rotatable bonds is 1. The van der Waals surface area contributed by atoms with Crippen LogP contribution in [0.15, 0.2) is 61.3 Å². The minimum atomic E-state index is 0.208. The molecule has 0 unspecified atom stereocenters. The lowest BCUT2D eigenvalue weighted by Gasteiger charge is -2.05. The molecule has 0 bridgehead atoms. The molecule has 2 aromatic rings. The molecular weight excluding hydrogens is 258 g/mol. The fourth-order valence-corrected chi connectivity index (χ4v) is 2.94. The van der Waals surface area contributed by atoms with Gasteiger partial charge < -0.3 is 4.90 Å². The molecule has 1 aliphatic heterocycles. The van der Waals surface area contributed by atoms with Crippen molar-refractivity contribution >= 4 is 5.91 Å². The Labute approximate surface area is 125 Å². The third kappa shape index (κ3) is 2.75. The number of amides is 1. The molecule has 0 aromatic heterocycles. The van der Waals surface area contributed by atoms with Crippen molar-refractivity contribution in [3.8, 4) is 11.1 Å². The lowest BCUT2D eigenvalue weighted by molar-refractivity contribution is -0.125. The summed E-state index contributed by atoms with van der Waals surface area (Å²) in [6.45, 7) is 4.36. The van der Waals surface area contributed by atoms with Crippen LogP contribution in [0, 0.1) is 0 Å². The van der Waals surface area contributed by atoms with Gasteiger partial charge in [0.15, 0.2) is 0 Å². The minimum Gasteiger partial charge on any atom is -0.320 e. The number of nitrogens with zero attached hydrogens (tertiary/aromatic N) is 1. The molecule has 21 heavy (non-hydrogen) atoms. The van der Waals surface area contributed by atoms with E-state index >= 15 is 0 Å². The second-order valence-electron chi connectivity index (χ2n) is 5.36. The average molecular weight is 277 g/mol. The Morgan fingerprint density at radius 2 is 1.52 bits per heavy atom. The SMILES string of the molecule is C=CN1CCCC1=O.c1ccc2c(c1)Cc1ccccc1-2. The van der Waals surface area contributed by atoms with Gasteiger partial charge in [0.1, 0.15) is 0 Å². The van der Waals surface area contributed by atoms with Crippen molar-refractivity contribution in [2.24, 2.45) is 0 Å². The molecule has 0 atom stereocenters. The highest BCUT2D eigenvalue weighted by Gasteiger charge is 2.16. The lowest BCUT2D eigenvalue weighted by atomic mass is 10.1. The molecule has 0 spiro atoms. The summed E-state index contributed by atoms with van der Waals surface area (Å²) in [6.07, 6.45) is 4.39. The molecule has 1 fully saturated rings. The van der Waals surface area contributed by atoms with Gasteiger partial charge in [-0.2, -0.15) is 0 Å². The monoisotopic (exact) mass is 277 g/mol. The van der Waals surface area contributed by atoms with Gasteiger partial charge in [-0.3, -0.25) is 4.79 Å². The maximum atomic E-state index is 10.7. The Morgan fingerprint density at radius 1 is 0.952 bits per heavy atom. The van der Waals surface area contributed by atoms with Crippen LogP contribution in [0.25, 0.3) is 11.1 Å². The summed E-state index contributed by atoms with van der Waals surface area (Å²) in [7, 11) is 0. The Balaban J connectivity index is 0.000000143. The van der Waals surface area contributed by atoms with Crippen LogP contribution in [-0.4, -0.2) is 17.4 Å². The maximum absolute atomic E-state index is 10.7. The highest BCUT2D eigenvalue weighted by Crippen LogP contribution is 2.35. The van der Waals surface area contributed by atoms with E-state index in [-0.39, 0.29) is 5.91 Å². The topological polar surface area (TPSA) is 20.3 Å². The van der Waals surface area contributed by atoms with Crippen LogP contribution in [0.3, 0.4) is 0 Å². The van der Waals surface area contributed by atoms with Crippen molar-refractivity contribution < 1.29 is 4.79 Å². The van der Waals surface area contributed by atoms with Crippen LogP contribution in [0.5, 0.6) is 0 Å². The van der Waals surface area contributed by atoms with Crippen LogP contribution in [0.4, 0.5) is 0 Å². The smallest absolute Gasteiger partial charge is 0.226 e. The highest BCUT2D eigenvalue weighted by atomic mass is 16.2. The van der Waals surface area contributed by atoms with Crippen molar-refractivity contribution in [2.45, 2.75) is 19.3 Å². The van der Waals surface area contributed by atoms with Crippen LogP contribution >= 0.6 is 0 Å². The van der Waals surface area contributed by atoms with Gasteiger partial charge in [0.2, 0.25) is 5.91 Å². The van der Waals surface area contributed by atoms with E-state index in [9.17, 15) is 4.79 Å². The zero-order chi connectivity index (χ0) is 14.7. The zero-order valence-corrected chi connectivity index (χ0v) is 12.1. The summed E-state index contributed by atoms with van der Waals surface area (Å²) in [6, 6.07) is 17.3. The quantitative estimate of drug-likeness (QED) is 0.658. The third-order valence-electron chi connectivity index (χ3n) is 4.04. The van der Waals surface area contributed by atoms with Crippen LogP contribution in [0.2, 0.25) is 0 Å². The number of fused-ring (bicyclic) bond motifs is 3. The van der Waals surface area contributed by atoms with Gasteiger partial charge >= 0.3 is 0 Å². The van der Waals surface area contributed by atoms with Crippen LogP contribution in [-0.2, 0) is 11.2 Å². The van der Waals surface area contributed by atoms with Gasteiger partial charge in [0.05, 0.1) is 0 Å². The molecule has 1 amide bonds. The lowest BCUT2D eigenvalue weighted by Crippen LogP contribution is -2.16. The molecule has 2 aromatic carbocycles. The van der Waals surface area contributed by atoms with E-state index in [0.717, 1.165) is 19.4 Å². The van der Waals surface area contributed by atoms with Crippen LogP contribution < -0.4 is 0 Å². The number of hydrogen-bond donors (Lipinski definition) is 0. The molecule has 1 heterocycles. The van der Waals surface area contributed by atoms with Crippen molar-refractivity contribution in [1.29, 1.82) is 0 Å². The van der Waals surface area contributed by atoms with Gasteiger partial charge in [0, 0.05) is 13.0 Å². The summed E-state index contributed by atoms with van der Waals surface area (Å²) in [4.78, 5) is 12.3. The standard InChI is InChI=1S/C13H10.C6H9NO/c1-3-7-12-10(5-1)9-11-6-2-4-8-13(11)12;1-2-7-5-3-4-6(7)8/h1-8H,9H2;2H,1,3-5H2. The Hall–Kier alpha value is -2.35. The molecule has 1 aliphatic carbocycles. The number of carbonyl (C=O) groups excluding carboxylic acids is 1. The first-order valence-corrected chi connectivity index (χ1v) is 7.38. The van der Waals surface area contributed by atoms with E-state index in [1.54, 1.807) is 11.1 Å². The Bertz CT molecular complexity index is 631. The fraction of sp³-hybridized carbons (Fsp3) is 0.211. The first kappa shape index (κ1) is 13.6. The van der Waals surface area contributed by atoms with E-state index in [2.05, 4.69) is 55.1 Å². The normalized spacial score (nSPS) is 15.0. The molecule has 2 heteroatoms. The Kier molecular flexibility index (Phi) is 3.87. The second-order valence-corrected chi connectivity index (χ2v) is 5.36. The molecule has 0 N–H and O–H groups in total. The zero-order valence-electron chi connectivity index (χ0n) is 12.1. The first-order valence-electron chi connectivity index (χ1n) is 7.38. The largest absolute Gasteiger partial charge is 0.320 e. The molecule has 0 radical (unpaired) electrons. The molecular formula is C19H19NO. The summed E-state index contributed by atoms with van der Waals surface area (Å²) in [5, 5.41) is 0. The summed E-state index contributed by atoms with van der Waals surface area (Å²) < 4.78 is 0. The van der Waals surface area contributed by atoms with Crippen molar-refractivity contribution in [3.05, 3.63) is 72.4 Å². The van der Waals surface area contributed by atoms with E-state index in [4.69, 9.17) is 0 Å². The number of carbonyl (C=O) groups is 1. The molecule has 4 rings (SSSR count). The summed E-state index contributed by atoms with van der Waals surface area (Å²) in [5.74, 6) is 0.208. The maximum Gasteiger partial charge on any atom is 0.226 e. The van der Waals surface area contributed by atoms with Crippen molar-refractivity contribution in [3.63, 3.8) is 0 Å². The summed E-state index contributed by atoms with van der Waals surface area (Å²) in [5.41, 5.74) is 5.75. The fourth-order valence-electron chi connectivity index (χ4n) is 2.94. The van der Waals surface area contributed by atoms with Gasteiger partial charge in [-0.25, -0.2) is 0 Å². The molecule has 2 aliphatic rings. The highest BCUT2D eigenvalue weighted by molar-refractivity contribution is 5.79. The molecule has 1 saturated heterocycles. The number of likely N-dealkylation sites (tertiary alicyclic amines) is 1. The first-order chi connectivity index (χ1) is 10.3. The minimum absolute atomic E-state index is 0.208. The van der Waals surface area contributed by atoms with Gasteiger partial charge in [-0.15, -0.1) is 0 Å². The second kappa shape index (κ2) is 5.96. The van der Waals surface area contributed by atoms with Crippen molar-refractivity contribution in [2.75, 3.05) is 6.54 Å². The predicted octanol–water partition coefficient (Wildman–Crippen LogP) is 4.01. The molecule has 0 saturated carbocycles. The number of benzene rings is 2. The van der Waals surface area contributed by atoms with Crippen LogP contribution in [0.1, 0.15) is 24.0 Å². The average Bonchev–Trinajstić information content (AvgIpc) is 3.10. The molecule has 2 nitrogen and oxygen atoms in total. The summed E-state index contributed by atoms with van der Waals surface area (Å²) >= 11 is 0. The van der Waals surface area contributed by atoms with Gasteiger partial charge in [-0.05, 0) is 41.3 Å². The van der Waals surface area contributed by atoms with E-state index < -0.39 is 0 Å². The van der Waals surface area contributed by atoms with Gasteiger partial charge in [-0.1, -0.05) is 55.1 Å². The third-order valence-corrected chi connectivity index (χ3v) is 4.04. The number of hydrogen-bond acceptors (Lipinski definition) is 1.